The van der Waals surface area contributed by atoms with Crippen LogP contribution in [0.2, 0.25) is 0 Å². The molecule has 1 aromatic heterocycles. The molecule has 2 aromatic rings. The van der Waals surface area contributed by atoms with Gasteiger partial charge in [-0.15, -0.1) is 0 Å². The number of alkyl halides is 3. The fraction of sp³-hybridized carbons (Fsp3) is 0.467. The van der Waals surface area contributed by atoms with Crippen LogP contribution in [-0.2, 0) is 22.9 Å². The molecule has 0 saturated carbocycles. The minimum atomic E-state index is -4.70. The molecule has 0 aliphatic rings. The molecule has 144 valence electrons. The van der Waals surface area contributed by atoms with Crippen molar-refractivity contribution in [3.05, 3.63) is 35.7 Å². The Kier molecular flexibility index (Phi) is 6.04. The summed E-state index contributed by atoms with van der Waals surface area (Å²) in [6.45, 7) is 2.37. The smallest absolute Gasteiger partial charge is 0.329 e. The second-order valence-electron chi connectivity index (χ2n) is 5.74. The summed E-state index contributed by atoms with van der Waals surface area (Å²) in [5, 5.41) is 3.32. The number of hydrogen-bond donors (Lipinski definition) is 0. The summed E-state index contributed by atoms with van der Waals surface area (Å²) < 4.78 is 68.8. The van der Waals surface area contributed by atoms with Gasteiger partial charge in [0.2, 0.25) is 5.82 Å². The Morgan fingerprint density at radius 3 is 2.23 bits per heavy atom. The van der Waals surface area contributed by atoms with Crippen molar-refractivity contribution in [1.29, 1.82) is 0 Å². The molecule has 0 unspecified atom stereocenters. The Hall–Kier alpha value is -1.98. The molecular weight excluding hydrogens is 373 g/mol. The van der Waals surface area contributed by atoms with E-state index in [1.807, 2.05) is 6.92 Å². The van der Waals surface area contributed by atoms with Gasteiger partial charge in [-0.05, 0) is 12.0 Å². The molecule has 7 nitrogen and oxygen atoms in total. The first-order chi connectivity index (χ1) is 12.1. The minimum absolute atomic E-state index is 0.147. The SMILES string of the molecule is CCCN(Cc1ccc(-c2noc(C(F)(F)F)n2)cc1)S(=O)(=O)N(C)C. The second kappa shape index (κ2) is 7.72. The van der Waals surface area contributed by atoms with Crippen LogP contribution in [0.15, 0.2) is 28.8 Å². The average molecular weight is 392 g/mol. The summed E-state index contributed by atoms with van der Waals surface area (Å²) in [6, 6.07) is 6.28. The van der Waals surface area contributed by atoms with Gasteiger partial charge in [0, 0.05) is 32.7 Å². The van der Waals surface area contributed by atoms with Crippen LogP contribution in [-0.4, -0.2) is 47.8 Å². The highest BCUT2D eigenvalue weighted by atomic mass is 32.2. The largest absolute Gasteiger partial charge is 0.471 e. The van der Waals surface area contributed by atoms with Crippen LogP contribution in [0.3, 0.4) is 0 Å². The summed E-state index contributed by atoms with van der Waals surface area (Å²) in [4.78, 5) is 3.32. The van der Waals surface area contributed by atoms with Gasteiger partial charge in [-0.1, -0.05) is 36.3 Å². The van der Waals surface area contributed by atoms with Crippen molar-refractivity contribution in [3.63, 3.8) is 0 Å². The lowest BCUT2D eigenvalue weighted by Gasteiger charge is -2.25. The van der Waals surface area contributed by atoms with Crippen molar-refractivity contribution in [3.8, 4) is 11.4 Å². The van der Waals surface area contributed by atoms with E-state index >= 15 is 0 Å². The van der Waals surface area contributed by atoms with Gasteiger partial charge in [0.1, 0.15) is 0 Å². The number of rotatable bonds is 7. The highest BCUT2D eigenvalue weighted by Gasteiger charge is 2.38. The summed E-state index contributed by atoms with van der Waals surface area (Å²) in [6.07, 6.45) is -4.05. The van der Waals surface area contributed by atoms with Gasteiger partial charge in [0.25, 0.3) is 10.2 Å². The molecule has 0 spiro atoms. The van der Waals surface area contributed by atoms with E-state index in [1.165, 1.54) is 30.5 Å². The maximum atomic E-state index is 12.5. The molecule has 0 atom stereocenters. The zero-order valence-electron chi connectivity index (χ0n) is 14.5. The molecule has 0 bridgehead atoms. The number of halogens is 3. The Morgan fingerprint density at radius 1 is 1.15 bits per heavy atom. The molecule has 26 heavy (non-hydrogen) atoms. The molecule has 2 rings (SSSR count). The molecule has 1 heterocycles. The lowest BCUT2D eigenvalue weighted by atomic mass is 10.1. The van der Waals surface area contributed by atoms with Gasteiger partial charge in [0.05, 0.1) is 0 Å². The topological polar surface area (TPSA) is 79.5 Å². The first kappa shape index (κ1) is 20.3. The predicted octanol–water partition coefficient (Wildman–Crippen LogP) is 2.77. The first-order valence-corrected chi connectivity index (χ1v) is 9.13. The van der Waals surface area contributed by atoms with E-state index in [1.54, 1.807) is 12.1 Å². The molecule has 0 N–H and O–H groups in total. The van der Waals surface area contributed by atoms with Crippen molar-refractivity contribution in [2.45, 2.75) is 26.1 Å². The molecule has 0 aliphatic heterocycles. The lowest BCUT2D eigenvalue weighted by molar-refractivity contribution is -0.159. The van der Waals surface area contributed by atoms with Gasteiger partial charge in [-0.25, -0.2) is 0 Å². The zero-order chi connectivity index (χ0) is 19.5. The van der Waals surface area contributed by atoms with Crippen LogP contribution in [0, 0.1) is 0 Å². The first-order valence-electron chi connectivity index (χ1n) is 7.73. The van der Waals surface area contributed by atoms with Crippen LogP contribution in [0.4, 0.5) is 13.2 Å². The Morgan fingerprint density at radius 2 is 1.77 bits per heavy atom. The molecule has 0 radical (unpaired) electrons. The summed E-state index contributed by atoms with van der Waals surface area (Å²) in [5.41, 5.74) is 1.03. The van der Waals surface area contributed by atoms with Crippen LogP contribution in [0.25, 0.3) is 11.4 Å². The van der Waals surface area contributed by atoms with Gasteiger partial charge in [-0.3, -0.25) is 0 Å². The third-order valence-electron chi connectivity index (χ3n) is 3.50. The molecule has 0 amide bonds. The fourth-order valence-electron chi connectivity index (χ4n) is 2.18. The zero-order valence-corrected chi connectivity index (χ0v) is 15.3. The van der Waals surface area contributed by atoms with Crippen LogP contribution in [0.1, 0.15) is 24.8 Å². The van der Waals surface area contributed by atoms with Crippen molar-refractivity contribution in [2.24, 2.45) is 0 Å². The molecule has 0 saturated heterocycles. The quantitative estimate of drug-likeness (QED) is 0.724. The van der Waals surface area contributed by atoms with Gasteiger partial charge in [0.15, 0.2) is 0 Å². The number of hydrogen-bond acceptors (Lipinski definition) is 5. The third-order valence-corrected chi connectivity index (χ3v) is 5.39. The van der Waals surface area contributed by atoms with E-state index < -0.39 is 22.3 Å². The van der Waals surface area contributed by atoms with E-state index in [0.29, 0.717) is 24.1 Å². The summed E-state index contributed by atoms with van der Waals surface area (Å²) in [5.74, 6) is -1.60. The van der Waals surface area contributed by atoms with E-state index in [2.05, 4.69) is 14.7 Å². The summed E-state index contributed by atoms with van der Waals surface area (Å²) >= 11 is 0. The maximum absolute atomic E-state index is 12.5. The van der Waals surface area contributed by atoms with Crippen molar-refractivity contribution in [1.82, 2.24) is 18.8 Å². The van der Waals surface area contributed by atoms with Crippen molar-refractivity contribution in [2.75, 3.05) is 20.6 Å². The van der Waals surface area contributed by atoms with Crippen LogP contribution < -0.4 is 0 Å². The Labute approximate surface area is 149 Å². The van der Waals surface area contributed by atoms with Crippen molar-refractivity contribution >= 4 is 10.2 Å². The highest BCUT2D eigenvalue weighted by molar-refractivity contribution is 7.86. The lowest BCUT2D eigenvalue weighted by Crippen LogP contribution is -2.40. The normalized spacial score (nSPS) is 12.9. The number of nitrogens with zero attached hydrogens (tertiary/aromatic N) is 4. The molecular formula is C15H19F3N4O3S. The number of aromatic nitrogens is 2. The Bertz CT molecular complexity index is 833. The Balaban J connectivity index is 2.19. The predicted molar refractivity (Wildman–Crippen MR) is 88.0 cm³/mol. The van der Waals surface area contributed by atoms with Crippen LogP contribution in [0.5, 0.6) is 0 Å². The van der Waals surface area contributed by atoms with E-state index in [4.69, 9.17) is 0 Å². The van der Waals surface area contributed by atoms with E-state index in [9.17, 15) is 21.6 Å². The molecule has 11 heteroatoms. The van der Waals surface area contributed by atoms with Gasteiger partial charge < -0.3 is 4.52 Å². The monoisotopic (exact) mass is 392 g/mol. The standard InChI is InChI=1S/C15H19F3N4O3S/c1-4-9-22(26(23,24)21(2)3)10-11-5-7-12(8-6-11)13-19-14(25-20-13)15(16,17)18/h5-8H,4,9-10H2,1-3H3. The van der Waals surface area contributed by atoms with Gasteiger partial charge in [-0.2, -0.15) is 35.2 Å². The van der Waals surface area contributed by atoms with Gasteiger partial charge >= 0.3 is 12.1 Å². The summed E-state index contributed by atoms with van der Waals surface area (Å²) in [7, 11) is -0.665. The second-order valence-corrected chi connectivity index (χ2v) is 7.88. The maximum Gasteiger partial charge on any atom is 0.471 e. The minimum Gasteiger partial charge on any atom is -0.329 e. The van der Waals surface area contributed by atoms with Crippen molar-refractivity contribution < 1.29 is 26.1 Å². The molecule has 1 aromatic carbocycles. The molecule has 0 fully saturated rings. The average Bonchev–Trinajstić information content (AvgIpc) is 3.05. The van der Waals surface area contributed by atoms with Crippen LogP contribution >= 0.6 is 0 Å². The number of benzene rings is 1. The van der Waals surface area contributed by atoms with E-state index in [0.717, 1.165) is 4.31 Å². The highest BCUT2D eigenvalue weighted by Crippen LogP contribution is 2.29. The third kappa shape index (κ3) is 4.59. The van der Waals surface area contributed by atoms with E-state index in [-0.39, 0.29) is 12.4 Å². The molecule has 0 aliphatic carbocycles. The fourth-order valence-corrected chi connectivity index (χ4v) is 3.36.